The Labute approximate surface area is 117 Å². The standard InChI is InChI=1S/C13H16Cl2O3/c1-13(2,3)18-11(16)7-8-17-12-9(14)5-4-6-10(12)15/h4-6H,7-8H2,1-3H3. The van der Waals surface area contributed by atoms with E-state index in [0.29, 0.717) is 15.8 Å². The summed E-state index contributed by atoms with van der Waals surface area (Å²) in [5.74, 6) is 0.0788. The maximum absolute atomic E-state index is 11.5. The molecule has 0 atom stereocenters. The number of benzene rings is 1. The highest BCUT2D eigenvalue weighted by Crippen LogP contribution is 2.32. The third-order valence-corrected chi connectivity index (χ3v) is 2.49. The maximum atomic E-state index is 11.5. The lowest BCUT2D eigenvalue weighted by Gasteiger charge is -2.19. The van der Waals surface area contributed by atoms with Crippen LogP contribution < -0.4 is 4.74 Å². The number of carbonyl (C=O) groups is 1. The quantitative estimate of drug-likeness (QED) is 0.783. The summed E-state index contributed by atoms with van der Waals surface area (Å²) in [6.45, 7) is 5.63. The van der Waals surface area contributed by atoms with Crippen molar-refractivity contribution in [2.75, 3.05) is 6.61 Å². The molecular formula is C13H16Cl2O3. The smallest absolute Gasteiger partial charge is 0.309 e. The fourth-order valence-electron chi connectivity index (χ4n) is 1.25. The number of carbonyl (C=O) groups excluding carboxylic acids is 1. The summed E-state index contributed by atoms with van der Waals surface area (Å²) in [5, 5.41) is 0.846. The average Bonchev–Trinajstić information content (AvgIpc) is 2.19. The molecule has 0 saturated heterocycles. The zero-order chi connectivity index (χ0) is 13.8. The number of esters is 1. The fourth-order valence-corrected chi connectivity index (χ4v) is 1.76. The summed E-state index contributed by atoms with van der Waals surface area (Å²) in [7, 11) is 0. The first-order valence-electron chi connectivity index (χ1n) is 5.58. The summed E-state index contributed by atoms with van der Waals surface area (Å²) < 4.78 is 10.5. The highest BCUT2D eigenvalue weighted by Gasteiger charge is 2.16. The van der Waals surface area contributed by atoms with Gasteiger partial charge in [0.05, 0.1) is 23.1 Å². The predicted molar refractivity (Wildman–Crippen MR) is 72.4 cm³/mol. The van der Waals surface area contributed by atoms with Crippen LogP contribution in [-0.2, 0) is 9.53 Å². The molecule has 100 valence electrons. The lowest BCUT2D eigenvalue weighted by Crippen LogP contribution is -2.24. The lowest BCUT2D eigenvalue weighted by atomic mass is 10.2. The van der Waals surface area contributed by atoms with Crippen molar-refractivity contribution in [2.24, 2.45) is 0 Å². The maximum Gasteiger partial charge on any atom is 0.309 e. The van der Waals surface area contributed by atoms with Gasteiger partial charge in [0.2, 0.25) is 0 Å². The molecule has 0 amide bonds. The minimum Gasteiger partial charge on any atom is -0.490 e. The van der Waals surface area contributed by atoms with E-state index in [2.05, 4.69) is 0 Å². The number of para-hydroxylation sites is 1. The molecule has 0 aromatic heterocycles. The third-order valence-electron chi connectivity index (χ3n) is 1.89. The molecule has 5 heteroatoms. The molecule has 0 aliphatic carbocycles. The van der Waals surface area contributed by atoms with Gasteiger partial charge in [-0.25, -0.2) is 0 Å². The Morgan fingerprint density at radius 2 is 1.78 bits per heavy atom. The Morgan fingerprint density at radius 1 is 1.22 bits per heavy atom. The molecule has 0 radical (unpaired) electrons. The Balaban J connectivity index is 2.45. The molecule has 1 aromatic rings. The molecule has 0 heterocycles. The Hall–Kier alpha value is -0.930. The summed E-state index contributed by atoms with van der Waals surface area (Å²) in [6, 6.07) is 5.08. The fraction of sp³-hybridized carbons (Fsp3) is 0.462. The zero-order valence-electron chi connectivity index (χ0n) is 10.6. The van der Waals surface area contributed by atoms with Crippen LogP contribution >= 0.6 is 23.2 Å². The van der Waals surface area contributed by atoms with Crippen LogP contribution in [0.2, 0.25) is 10.0 Å². The van der Waals surface area contributed by atoms with Crippen LogP contribution in [0.5, 0.6) is 5.75 Å². The molecule has 0 fully saturated rings. The molecular weight excluding hydrogens is 275 g/mol. The first-order valence-corrected chi connectivity index (χ1v) is 6.34. The molecule has 18 heavy (non-hydrogen) atoms. The van der Waals surface area contributed by atoms with Crippen molar-refractivity contribution in [1.82, 2.24) is 0 Å². The molecule has 0 N–H and O–H groups in total. The van der Waals surface area contributed by atoms with E-state index in [-0.39, 0.29) is 19.0 Å². The van der Waals surface area contributed by atoms with Crippen LogP contribution in [0.15, 0.2) is 18.2 Å². The van der Waals surface area contributed by atoms with E-state index in [0.717, 1.165) is 0 Å². The van der Waals surface area contributed by atoms with Crippen molar-refractivity contribution in [3.8, 4) is 5.75 Å². The highest BCUT2D eigenvalue weighted by atomic mass is 35.5. The second-order valence-corrected chi connectivity index (χ2v) is 5.55. The van der Waals surface area contributed by atoms with Gasteiger partial charge in [0.25, 0.3) is 0 Å². The number of rotatable bonds is 4. The molecule has 0 bridgehead atoms. The number of hydrogen-bond donors (Lipinski definition) is 0. The van der Waals surface area contributed by atoms with Crippen LogP contribution in [0.25, 0.3) is 0 Å². The Morgan fingerprint density at radius 3 is 2.28 bits per heavy atom. The van der Waals surface area contributed by atoms with E-state index in [9.17, 15) is 4.79 Å². The minimum atomic E-state index is -0.487. The molecule has 1 aromatic carbocycles. The van der Waals surface area contributed by atoms with Crippen molar-refractivity contribution in [1.29, 1.82) is 0 Å². The molecule has 3 nitrogen and oxygen atoms in total. The Bertz CT molecular complexity index is 404. The predicted octanol–water partition coefficient (Wildman–Crippen LogP) is 4.10. The van der Waals surface area contributed by atoms with Gasteiger partial charge < -0.3 is 9.47 Å². The topological polar surface area (TPSA) is 35.5 Å². The van der Waals surface area contributed by atoms with Gasteiger partial charge in [-0.1, -0.05) is 29.3 Å². The summed E-state index contributed by atoms with van der Waals surface area (Å²) in [4.78, 5) is 11.5. The lowest BCUT2D eigenvalue weighted by molar-refractivity contribution is -0.155. The van der Waals surface area contributed by atoms with Crippen molar-refractivity contribution in [3.05, 3.63) is 28.2 Å². The first-order chi connectivity index (χ1) is 8.29. The van der Waals surface area contributed by atoms with E-state index >= 15 is 0 Å². The molecule has 0 unspecified atom stereocenters. The monoisotopic (exact) mass is 290 g/mol. The first kappa shape index (κ1) is 15.1. The van der Waals surface area contributed by atoms with Crippen LogP contribution in [0.3, 0.4) is 0 Å². The van der Waals surface area contributed by atoms with E-state index in [1.807, 2.05) is 20.8 Å². The van der Waals surface area contributed by atoms with Gasteiger partial charge in [-0.05, 0) is 32.9 Å². The highest BCUT2D eigenvalue weighted by molar-refractivity contribution is 6.37. The van der Waals surface area contributed by atoms with E-state index in [1.54, 1.807) is 18.2 Å². The minimum absolute atomic E-state index is 0.152. The van der Waals surface area contributed by atoms with Crippen LogP contribution in [-0.4, -0.2) is 18.2 Å². The summed E-state index contributed by atoms with van der Waals surface area (Å²) in [5.41, 5.74) is -0.487. The van der Waals surface area contributed by atoms with Gasteiger partial charge >= 0.3 is 5.97 Å². The summed E-state index contributed by atoms with van der Waals surface area (Å²) in [6.07, 6.45) is 0.152. The van der Waals surface area contributed by atoms with Crippen molar-refractivity contribution < 1.29 is 14.3 Å². The average molecular weight is 291 g/mol. The SMILES string of the molecule is CC(C)(C)OC(=O)CCOc1c(Cl)cccc1Cl. The van der Waals surface area contributed by atoms with Crippen molar-refractivity contribution in [3.63, 3.8) is 0 Å². The van der Waals surface area contributed by atoms with Gasteiger partial charge in [-0.2, -0.15) is 0 Å². The van der Waals surface area contributed by atoms with Crippen molar-refractivity contribution in [2.45, 2.75) is 32.8 Å². The van der Waals surface area contributed by atoms with Crippen molar-refractivity contribution >= 4 is 29.2 Å². The van der Waals surface area contributed by atoms with Gasteiger partial charge in [0, 0.05) is 0 Å². The molecule has 0 aliphatic rings. The van der Waals surface area contributed by atoms with Gasteiger partial charge in [0.1, 0.15) is 5.60 Å². The molecule has 0 saturated carbocycles. The van der Waals surface area contributed by atoms with Crippen LogP contribution in [0, 0.1) is 0 Å². The zero-order valence-corrected chi connectivity index (χ0v) is 12.1. The summed E-state index contributed by atoms with van der Waals surface area (Å²) >= 11 is 11.9. The van der Waals surface area contributed by atoms with Crippen LogP contribution in [0.1, 0.15) is 27.2 Å². The van der Waals surface area contributed by atoms with Crippen LogP contribution in [0.4, 0.5) is 0 Å². The normalized spacial score (nSPS) is 11.2. The second kappa shape index (κ2) is 6.30. The van der Waals surface area contributed by atoms with Gasteiger partial charge in [-0.3, -0.25) is 4.79 Å². The molecule has 1 rings (SSSR count). The molecule has 0 aliphatic heterocycles. The third kappa shape index (κ3) is 5.15. The van der Waals surface area contributed by atoms with E-state index in [4.69, 9.17) is 32.7 Å². The second-order valence-electron chi connectivity index (χ2n) is 4.74. The Kier molecular flexibility index (Phi) is 5.29. The molecule has 0 spiro atoms. The van der Waals surface area contributed by atoms with E-state index in [1.165, 1.54) is 0 Å². The van der Waals surface area contributed by atoms with E-state index < -0.39 is 5.60 Å². The number of halogens is 2. The number of ether oxygens (including phenoxy) is 2. The van der Waals surface area contributed by atoms with Gasteiger partial charge in [-0.15, -0.1) is 0 Å². The van der Waals surface area contributed by atoms with Gasteiger partial charge in [0.15, 0.2) is 5.75 Å². The largest absolute Gasteiger partial charge is 0.490 e. The number of hydrogen-bond acceptors (Lipinski definition) is 3.